The first kappa shape index (κ1) is 15.9. The minimum Gasteiger partial charge on any atom is -0.397 e. The second-order valence-corrected chi connectivity index (χ2v) is 6.14. The van der Waals surface area contributed by atoms with Gasteiger partial charge in [0.05, 0.1) is 5.69 Å². The number of amides is 1. The molecule has 5 nitrogen and oxygen atoms in total. The molecular weight excluding hydrogens is 264 g/mol. The van der Waals surface area contributed by atoms with Crippen molar-refractivity contribution < 1.29 is 4.79 Å². The van der Waals surface area contributed by atoms with E-state index in [1.807, 2.05) is 10.8 Å². The van der Waals surface area contributed by atoms with Crippen LogP contribution in [-0.4, -0.2) is 42.1 Å². The Balaban J connectivity index is 1.79. The van der Waals surface area contributed by atoms with Crippen LogP contribution in [0.4, 0.5) is 5.69 Å². The number of anilines is 1. The smallest absolute Gasteiger partial charge is 0.267 e. The standard InChI is InChI=1S/C16H28N4O/c1-3-8-20-12-14(17)11-15(20)16(21)18-7-4-13-5-9-19(2)10-6-13/h11-13H,3-10,17H2,1-2H3,(H,18,21). The van der Waals surface area contributed by atoms with E-state index in [0.29, 0.717) is 11.4 Å². The number of aryl methyl sites for hydroxylation is 1. The Morgan fingerprint density at radius 2 is 2.14 bits per heavy atom. The van der Waals surface area contributed by atoms with Crippen molar-refractivity contribution in [2.45, 2.75) is 39.2 Å². The molecule has 2 rings (SSSR count). The van der Waals surface area contributed by atoms with Crippen LogP contribution in [0.2, 0.25) is 0 Å². The van der Waals surface area contributed by atoms with E-state index in [4.69, 9.17) is 5.73 Å². The Labute approximate surface area is 127 Å². The highest BCUT2D eigenvalue weighted by Gasteiger charge is 2.17. The number of nitrogen functional groups attached to an aromatic ring is 1. The van der Waals surface area contributed by atoms with Gasteiger partial charge < -0.3 is 20.5 Å². The quantitative estimate of drug-likeness (QED) is 0.842. The molecule has 0 spiro atoms. The van der Waals surface area contributed by atoms with Crippen LogP contribution in [0.1, 0.15) is 43.1 Å². The van der Waals surface area contributed by atoms with Gasteiger partial charge in [-0.3, -0.25) is 4.79 Å². The fraction of sp³-hybridized carbons (Fsp3) is 0.688. The first-order valence-corrected chi connectivity index (χ1v) is 8.02. The maximum Gasteiger partial charge on any atom is 0.267 e. The Morgan fingerprint density at radius 1 is 1.43 bits per heavy atom. The van der Waals surface area contributed by atoms with Crippen LogP contribution in [0.25, 0.3) is 0 Å². The van der Waals surface area contributed by atoms with E-state index in [1.54, 1.807) is 6.07 Å². The number of carbonyl (C=O) groups is 1. The van der Waals surface area contributed by atoms with Gasteiger partial charge in [-0.2, -0.15) is 0 Å². The number of likely N-dealkylation sites (tertiary alicyclic amines) is 1. The number of nitrogens with one attached hydrogen (secondary N) is 1. The number of aromatic nitrogens is 1. The van der Waals surface area contributed by atoms with E-state index in [0.717, 1.165) is 31.8 Å². The van der Waals surface area contributed by atoms with E-state index in [9.17, 15) is 4.79 Å². The van der Waals surface area contributed by atoms with Gasteiger partial charge in [-0.1, -0.05) is 6.92 Å². The highest BCUT2D eigenvalue weighted by atomic mass is 16.1. The Hall–Kier alpha value is -1.49. The Kier molecular flexibility index (Phi) is 5.67. The molecule has 0 aliphatic carbocycles. The van der Waals surface area contributed by atoms with Crippen molar-refractivity contribution in [3.63, 3.8) is 0 Å². The average Bonchev–Trinajstić information content (AvgIpc) is 2.82. The molecule has 0 radical (unpaired) electrons. The molecule has 0 saturated carbocycles. The summed E-state index contributed by atoms with van der Waals surface area (Å²) in [7, 11) is 2.17. The molecule has 0 unspecified atom stereocenters. The van der Waals surface area contributed by atoms with Crippen molar-refractivity contribution in [2.75, 3.05) is 32.4 Å². The first-order chi connectivity index (χ1) is 10.1. The molecule has 1 fully saturated rings. The molecule has 1 saturated heterocycles. The average molecular weight is 292 g/mol. The molecule has 1 aromatic rings. The summed E-state index contributed by atoms with van der Waals surface area (Å²) in [6.07, 6.45) is 6.39. The zero-order valence-corrected chi connectivity index (χ0v) is 13.3. The lowest BCUT2D eigenvalue weighted by atomic mass is 9.94. The minimum absolute atomic E-state index is 0.00641. The van der Waals surface area contributed by atoms with Gasteiger partial charge in [0, 0.05) is 19.3 Å². The van der Waals surface area contributed by atoms with Gasteiger partial charge in [-0.05, 0) is 57.8 Å². The molecule has 2 heterocycles. The molecule has 0 bridgehead atoms. The summed E-state index contributed by atoms with van der Waals surface area (Å²) < 4.78 is 1.94. The van der Waals surface area contributed by atoms with Crippen LogP contribution in [-0.2, 0) is 6.54 Å². The third kappa shape index (κ3) is 4.49. The van der Waals surface area contributed by atoms with Gasteiger partial charge in [0.25, 0.3) is 5.91 Å². The zero-order valence-electron chi connectivity index (χ0n) is 13.3. The second-order valence-electron chi connectivity index (χ2n) is 6.14. The van der Waals surface area contributed by atoms with Crippen LogP contribution >= 0.6 is 0 Å². The van der Waals surface area contributed by atoms with Gasteiger partial charge in [0.15, 0.2) is 0 Å². The summed E-state index contributed by atoms with van der Waals surface area (Å²) in [6.45, 7) is 6.03. The SMILES string of the molecule is CCCn1cc(N)cc1C(=O)NCCC1CCN(C)CC1. The van der Waals surface area contributed by atoms with E-state index in [-0.39, 0.29) is 5.91 Å². The molecule has 118 valence electrons. The summed E-state index contributed by atoms with van der Waals surface area (Å²) in [5, 5.41) is 3.04. The summed E-state index contributed by atoms with van der Waals surface area (Å²) in [5.74, 6) is 0.738. The van der Waals surface area contributed by atoms with Crippen molar-refractivity contribution in [2.24, 2.45) is 5.92 Å². The van der Waals surface area contributed by atoms with E-state index >= 15 is 0 Å². The zero-order chi connectivity index (χ0) is 15.2. The largest absolute Gasteiger partial charge is 0.397 e. The highest BCUT2D eigenvalue weighted by Crippen LogP contribution is 2.19. The number of nitrogens with zero attached hydrogens (tertiary/aromatic N) is 2. The second kappa shape index (κ2) is 7.50. The molecule has 1 aliphatic rings. The molecule has 21 heavy (non-hydrogen) atoms. The van der Waals surface area contributed by atoms with Crippen molar-refractivity contribution in [1.82, 2.24) is 14.8 Å². The predicted molar refractivity (Wildman–Crippen MR) is 86.3 cm³/mol. The first-order valence-electron chi connectivity index (χ1n) is 8.02. The fourth-order valence-electron chi connectivity index (χ4n) is 2.98. The van der Waals surface area contributed by atoms with Crippen LogP contribution < -0.4 is 11.1 Å². The Morgan fingerprint density at radius 3 is 2.81 bits per heavy atom. The lowest BCUT2D eigenvalue weighted by molar-refractivity contribution is 0.0939. The topological polar surface area (TPSA) is 63.3 Å². The van der Waals surface area contributed by atoms with Gasteiger partial charge in [-0.15, -0.1) is 0 Å². The molecule has 3 N–H and O–H groups in total. The Bertz CT molecular complexity index is 461. The van der Waals surface area contributed by atoms with E-state index in [1.165, 1.54) is 25.9 Å². The number of nitrogens with two attached hydrogens (primary N) is 1. The fourth-order valence-corrected chi connectivity index (χ4v) is 2.98. The van der Waals surface area contributed by atoms with Crippen molar-refractivity contribution in [3.05, 3.63) is 18.0 Å². The summed E-state index contributed by atoms with van der Waals surface area (Å²) in [4.78, 5) is 14.6. The summed E-state index contributed by atoms with van der Waals surface area (Å²) in [5.41, 5.74) is 7.14. The number of rotatable bonds is 6. The van der Waals surface area contributed by atoms with Gasteiger partial charge in [0.1, 0.15) is 5.69 Å². The lowest BCUT2D eigenvalue weighted by Gasteiger charge is -2.28. The number of carbonyl (C=O) groups excluding carboxylic acids is 1. The maximum atomic E-state index is 12.3. The number of hydrogen-bond acceptors (Lipinski definition) is 3. The summed E-state index contributed by atoms with van der Waals surface area (Å²) in [6, 6.07) is 1.76. The van der Waals surface area contributed by atoms with Crippen LogP contribution in [0.15, 0.2) is 12.3 Å². The third-order valence-electron chi connectivity index (χ3n) is 4.29. The maximum absolute atomic E-state index is 12.3. The molecule has 0 atom stereocenters. The van der Waals surface area contributed by atoms with Crippen molar-refractivity contribution in [3.8, 4) is 0 Å². The van der Waals surface area contributed by atoms with Crippen molar-refractivity contribution in [1.29, 1.82) is 0 Å². The monoisotopic (exact) mass is 292 g/mol. The third-order valence-corrected chi connectivity index (χ3v) is 4.29. The molecule has 1 aromatic heterocycles. The van der Waals surface area contributed by atoms with E-state index in [2.05, 4.69) is 24.2 Å². The number of hydrogen-bond donors (Lipinski definition) is 2. The van der Waals surface area contributed by atoms with Gasteiger partial charge in [-0.25, -0.2) is 0 Å². The molecule has 0 aromatic carbocycles. The normalized spacial score (nSPS) is 17.0. The number of piperidine rings is 1. The van der Waals surface area contributed by atoms with Gasteiger partial charge in [0.2, 0.25) is 0 Å². The van der Waals surface area contributed by atoms with Crippen molar-refractivity contribution >= 4 is 11.6 Å². The van der Waals surface area contributed by atoms with Crippen LogP contribution in [0.3, 0.4) is 0 Å². The van der Waals surface area contributed by atoms with E-state index < -0.39 is 0 Å². The minimum atomic E-state index is -0.00641. The summed E-state index contributed by atoms with van der Waals surface area (Å²) >= 11 is 0. The molecule has 5 heteroatoms. The highest BCUT2D eigenvalue weighted by molar-refractivity contribution is 5.93. The lowest BCUT2D eigenvalue weighted by Crippen LogP contribution is -2.33. The van der Waals surface area contributed by atoms with Crippen LogP contribution in [0, 0.1) is 5.92 Å². The predicted octanol–water partition coefficient (Wildman–Crippen LogP) is 1.94. The molecular formula is C16H28N4O. The van der Waals surface area contributed by atoms with Gasteiger partial charge >= 0.3 is 0 Å². The molecule has 1 aliphatic heterocycles. The van der Waals surface area contributed by atoms with Crippen LogP contribution in [0.5, 0.6) is 0 Å². The molecule has 1 amide bonds.